The number of aromatic nitrogens is 5. The van der Waals surface area contributed by atoms with E-state index in [-0.39, 0.29) is 0 Å². The first-order chi connectivity index (χ1) is 28.8. The molecule has 8 aromatic carbocycles. The second-order valence-corrected chi connectivity index (χ2v) is 14.8. The lowest BCUT2D eigenvalue weighted by Gasteiger charge is -2.11. The van der Waals surface area contributed by atoms with Gasteiger partial charge in [-0.3, -0.25) is 4.57 Å². The maximum absolute atomic E-state index is 7.06. The van der Waals surface area contributed by atoms with E-state index in [1.165, 1.54) is 10.8 Å². The molecule has 0 aliphatic carbocycles. The number of furan rings is 2. The van der Waals surface area contributed by atoms with Crippen LogP contribution in [0, 0.1) is 0 Å². The van der Waals surface area contributed by atoms with Crippen LogP contribution in [0.4, 0.5) is 0 Å². The molecule has 0 saturated heterocycles. The maximum atomic E-state index is 7.06. The molecule has 13 rings (SSSR count). The Morgan fingerprint density at radius 3 is 1.53 bits per heavy atom. The SMILES string of the molecule is c1ccc2c(c1)oc1ccc(-c3nc(-c4cccc5c4oc4c(-n6c7ccccc7c7ccccc76)cccc45)nc(-n4c5ccccc5c5ccccc54)n3)cc12. The van der Waals surface area contributed by atoms with Gasteiger partial charge in [-0.2, -0.15) is 9.97 Å². The van der Waals surface area contributed by atoms with Crippen LogP contribution >= 0.6 is 0 Å². The van der Waals surface area contributed by atoms with Crippen LogP contribution in [0.1, 0.15) is 0 Å². The molecule has 58 heavy (non-hydrogen) atoms. The van der Waals surface area contributed by atoms with Crippen LogP contribution in [0.15, 0.2) is 185 Å². The van der Waals surface area contributed by atoms with Gasteiger partial charge in [-0.25, -0.2) is 4.98 Å². The highest BCUT2D eigenvalue weighted by Gasteiger charge is 2.23. The first kappa shape index (κ1) is 31.2. The van der Waals surface area contributed by atoms with Gasteiger partial charge in [0.05, 0.1) is 33.3 Å². The van der Waals surface area contributed by atoms with Crippen molar-refractivity contribution in [3.63, 3.8) is 0 Å². The van der Waals surface area contributed by atoms with Crippen molar-refractivity contribution >= 4 is 87.5 Å². The predicted octanol–water partition coefficient (Wildman–Crippen LogP) is 13.2. The minimum atomic E-state index is 0.516. The van der Waals surface area contributed by atoms with Gasteiger partial charge in [-0.05, 0) is 60.7 Å². The average Bonchev–Trinajstić information content (AvgIpc) is 4.04. The molecule has 0 unspecified atom stereocenters. The highest BCUT2D eigenvalue weighted by Crippen LogP contribution is 2.41. The number of hydrogen-bond acceptors (Lipinski definition) is 5. The molecule has 5 heterocycles. The summed E-state index contributed by atoms with van der Waals surface area (Å²) in [4.78, 5) is 15.8. The third-order valence-corrected chi connectivity index (χ3v) is 11.6. The molecule has 0 amide bonds. The summed E-state index contributed by atoms with van der Waals surface area (Å²) in [7, 11) is 0. The van der Waals surface area contributed by atoms with Crippen LogP contribution in [0.2, 0.25) is 0 Å². The first-order valence-electron chi connectivity index (χ1n) is 19.4. The lowest BCUT2D eigenvalue weighted by Crippen LogP contribution is -2.06. The molecule has 0 bridgehead atoms. The zero-order chi connectivity index (χ0) is 37.9. The fourth-order valence-electron chi connectivity index (χ4n) is 9.06. The van der Waals surface area contributed by atoms with Gasteiger partial charge in [0.2, 0.25) is 5.95 Å². The molecule has 7 heteroatoms. The second-order valence-electron chi connectivity index (χ2n) is 14.8. The Morgan fingerprint density at radius 1 is 0.345 bits per heavy atom. The van der Waals surface area contributed by atoms with Gasteiger partial charge in [0, 0.05) is 48.7 Å². The van der Waals surface area contributed by atoms with Crippen molar-refractivity contribution in [3.8, 4) is 34.4 Å². The number of benzene rings is 8. The van der Waals surface area contributed by atoms with Crippen molar-refractivity contribution in [1.29, 1.82) is 0 Å². The van der Waals surface area contributed by atoms with Crippen LogP contribution < -0.4 is 0 Å². The molecule has 0 atom stereocenters. The van der Waals surface area contributed by atoms with Gasteiger partial charge < -0.3 is 13.4 Å². The van der Waals surface area contributed by atoms with E-state index in [4.69, 9.17) is 23.8 Å². The van der Waals surface area contributed by atoms with Crippen molar-refractivity contribution in [2.45, 2.75) is 0 Å². The van der Waals surface area contributed by atoms with Crippen molar-refractivity contribution in [2.75, 3.05) is 0 Å². The molecule has 0 saturated carbocycles. The Hall–Kier alpha value is -8.03. The second kappa shape index (κ2) is 11.7. The van der Waals surface area contributed by atoms with Crippen LogP contribution in [0.25, 0.3) is 122 Å². The number of rotatable bonds is 4. The summed E-state index contributed by atoms with van der Waals surface area (Å²) >= 11 is 0. The molecule has 0 fully saturated rings. The Labute approximate surface area is 329 Å². The number of fused-ring (bicyclic) bond motifs is 12. The normalized spacial score (nSPS) is 12.1. The van der Waals surface area contributed by atoms with E-state index in [0.29, 0.717) is 23.2 Å². The zero-order valence-corrected chi connectivity index (χ0v) is 30.8. The molecule has 7 nitrogen and oxygen atoms in total. The topological polar surface area (TPSA) is 74.8 Å². The summed E-state index contributed by atoms with van der Waals surface area (Å²) in [6, 6.07) is 60.8. The molecule has 0 radical (unpaired) electrons. The summed E-state index contributed by atoms with van der Waals surface area (Å²) in [6.07, 6.45) is 0. The van der Waals surface area contributed by atoms with Crippen LogP contribution in [-0.2, 0) is 0 Å². The lowest BCUT2D eigenvalue weighted by atomic mass is 10.1. The number of hydrogen-bond donors (Lipinski definition) is 0. The van der Waals surface area contributed by atoms with E-state index in [1.54, 1.807) is 0 Å². The molecule has 270 valence electrons. The van der Waals surface area contributed by atoms with Crippen molar-refractivity contribution in [2.24, 2.45) is 0 Å². The van der Waals surface area contributed by atoms with E-state index in [2.05, 4.69) is 149 Å². The smallest absolute Gasteiger partial charge is 0.238 e. The Bertz CT molecular complexity index is 3720. The molecule has 0 aliphatic rings. The van der Waals surface area contributed by atoms with Crippen molar-refractivity contribution in [1.82, 2.24) is 24.1 Å². The monoisotopic (exact) mass is 743 g/mol. The van der Waals surface area contributed by atoms with Crippen LogP contribution in [-0.4, -0.2) is 24.1 Å². The lowest BCUT2D eigenvalue weighted by molar-refractivity contribution is 0.667. The van der Waals surface area contributed by atoms with Gasteiger partial charge in [-0.1, -0.05) is 115 Å². The first-order valence-corrected chi connectivity index (χ1v) is 19.4. The highest BCUT2D eigenvalue weighted by atomic mass is 16.3. The summed E-state index contributed by atoms with van der Waals surface area (Å²) in [5.74, 6) is 1.59. The van der Waals surface area contributed by atoms with E-state index >= 15 is 0 Å². The van der Waals surface area contributed by atoms with Crippen molar-refractivity contribution in [3.05, 3.63) is 176 Å². The predicted molar refractivity (Wildman–Crippen MR) is 234 cm³/mol. The Balaban J connectivity index is 1.09. The van der Waals surface area contributed by atoms with Gasteiger partial charge in [0.25, 0.3) is 0 Å². The van der Waals surface area contributed by atoms with Gasteiger partial charge >= 0.3 is 0 Å². The summed E-state index contributed by atoms with van der Waals surface area (Å²) in [5.41, 5.74) is 10.0. The average molecular weight is 744 g/mol. The van der Waals surface area contributed by atoms with Crippen molar-refractivity contribution < 1.29 is 8.83 Å². The molecule has 0 N–H and O–H groups in total. The third-order valence-electron chi connectivity index (χ3n) is 11.6. The Kier molecular flexibility index (Phi) is 6.32. The molecular formula is C51H29N5O2. The van der Waals surface area contributed by atoms with Gasteiger partial charge in [0.1, 0.15) is 16.7 Å². The maximum Gasteiger partial charge on any atom is 0.238 e. The van der Waals surface area contributed by atoms with Crippen LogP contribution in [0.5, 0.6) is 0 Å². The fourth-order valence-corrected chi connectivity index (χ4v) is 9.06. The molecule has 5 aromatic heterocycles. The zero-order valence-electron chi connectivity index (χ0n) is 30.8. The fraction of sp³-hybridized carbons (Fsp3) is 0. The largest absolute Gasteiger partial charge is 0.456 e. The Morgan fingerprint density at radius 2 is 0.862 bits per heavy atom. The number of nitrogens with zero attached hydrogens (tertiary/aromatic N) is 5. The summed E-state index contributed by atoms with van der Waals surface area (Å²) in [6.45, 7) is 0. The standard InChI is InChI=1S/C51H29N5O2/c1-6-21-40-31(13-1)32-14-2-7-22-41(32)55(40)44-25-12-19-37-36-18-11-20-38(47(36)58-48(37)44)50-52-49(30-27-28-46-39(29-30)35-17-5-10-26-45(35)57-46)53-51(54-50)56-42-23-8-3-15-33(42)34-16-4-9-24-43(34)56/h1-29H. The quantitative estimate of drug-likeness (QED) is 0.179. The number of para-hydroxylation sites is 7. The molecule has 0 spiro atoms. The minimum Gasteiger partial charge on any atom is -0.456 e. The molecule has 0 aliphatic heterocycles. The van der Waals surface area contributed by atoms with Gasteiger partial charge in [-0.15, -0.1) is 0 Å². The minimum absolute atomic E-state index is 0.516. The molecular weight excluding hydrogens is 715 g/mol. The van der Waals surface area contributed by atoms with E-state index < -0.39 is 0 Å². The van der Waals surface area contributed by atoms with E-state index in [0.717, 1.165) is 87.9 Å². The van der Waals surface area contributed by atoms with Crippen LogP contribution in [0.3, 0.4) is 0 Å². The van der Waals surface area contributed by atoms with E-state index in [9.17, 15) is 0 Å². The van der Waals surface area contributed by atoms with E-state index in [1.807, 2.05) is 36.4 Å². The van der Waals surface area contributed by atoms with Gasteiger partial charge in [0.15, 0.2) is 17.2 Å². The summed E-state index contributed by atoms with van der Waals surface area (Å²) < 4.78 is 17.7. The molecule has 13 aromatic rings. The summed E-state index contributed by atoms with van der Waals surface area (Å²) in [5, 5.41) is 8.71. The third kappa shape index (κ3) is 4.35. The highest BCUT2D eigenvalue weighted by molar-refractivity contribution is 6.14.